The number of benzene rings is 2. The number of hydrogen-bond acceptors (Lipinski definition) is 2. The van der Waals surface area contributed by atoms with Crippen molar-refractivity contribution in [2.45, 2.75) is 24.9 Å². The molecule has 2 aromatic rings. The van der Waals surface area contributed by atoms with Crippen molar-refractivity contribution in [2.75, 3.05) is 12.3 Å². The molecule has 1 aliphatic heterocycles. The van der Waals surface area contributed by atoms with Crippen LogP contribution in [0.4, 0.5) is 13.2 Å². The quantitative estimate of drug-likeness (QED) is 0.776. The van der Waals surface area contributed by atoms with E-state index in [1.54, 1.807) is 22.7 Å². The van der Waals surface area contributed by atoms with Gasteiger partial charge in [-0.05, 0) is 24.1 Å². The van der Waals surface area contributed by atoms with Gasteiger partial charge < -0.3 is 4.90 Å². The molecule has 0 spiro atoms. The van der Waals surface area contributed by atoms with Gasteiger partial charge in [-0.25, -0.2) is 0 Å². The SMILES string of the molecule is Cc1ccc(C2SCCN2C(=O)Cc2cccc(C(F)(F)F)c2)cc1. The lowest BCUT2D eigenvalue weighted by molar-refractivity contribution is -0.138. The first kappa shape index (κ1) is 17.9. The highest BCUT2D eigenvalue weighted by Crippen LogP contribution is 2.38. The van der Waals surface area contributed by atoms with Gasteiger partial charge in [0.2, 0.25) is 5.91 Å². The third kappa shape index (κ3) is 4.18. The molecule has 0 aliphatic carbocycles. The molecule has 1 unspecified atom stereocenters. The second-order valence-electron chi connectivity index (χ2n) is 6.10. The van der Waals surface area contributed by atoms with E-state index in [1.165, 1.54) is 6.07 Å². The molecule has 6 heteroatoms. The number of alkyl halides is 3. The van der Waals surface area contributed by atoms with Crippen molar-refractivity contribution in [1.82, 2.24) is 4.90 Å². The predicted octanol–water partition coefficient (Wildman–Crippen LogP) is 4.83. The van der Waals surface area contributed by atoms with Gasteiger partial charge in [-0.2, -0.15) is 13.2 Å². The van der Waals surface area contributed by atoms with Gasteiger partial charge in [0, 0.05) is 12.3 Å². The zero-order valence-corrected chi connectivity index (χ0v) is 14.5. The maximum absolute atomic E-state index is 12.8. The lowest BCUT2D eigenvalue weighted by atomic mass is 10.1. The molecule has 2 nitrogen and oxygen atoms in total. The van der Waals surface area contributed by atoms with E-state index in [4.69, 9.17) is 0 Å². The second kappa shape index (κ2) is 7.12. The smallest absolute Gasteiger partial charge is 0.325 e. The summed E-state index contributed by atoms with van der Waals surface area (Å²) in [5.41, 5.74) is 1.86. The summed E-state index contributed by atoms with van der Waals surface area (Å²) in [6.45, 7) is 2.61. The van der Waals surface area contributed by atoms with Crippen molar-refractivity contribution in [3.63, 3.8) is 0 Å². The van der Waals surface area contributed by atoms with E-state index >= 15 is 0 Å². The van der Waals surface area contributed by atoms with Crippen molar-refractivity contribution in [2.24, 2.45) is 0 Å². The number of carbonyl (C=O) groups excluding carboxylic acids is 1. The first-order chi connectivity index (χ1) is 11.8. The Balaban J connectivity index is 1.75. The van der Waals surface area contributed by atoms with E-state index in [9.17, 15) is 18.0 Å². The van der Waals surface area contributed by atoms with Crippen molar-refractivity contribution in [3.8, 4) is 0 Å². The second-order valence-corrected chi connectivity index (χ2v) is 7.28. The Labute approximate surface area is 149 Å². The highest BCUT2D eigenvalue weighted by Gasteiger charge is 2.32. The summed E-state index contributed by atoms with van der Waals surface area (Å²) in [6.07, 6.45) is -4.42. The molecule has 2 aromatic carbocycles. The molecule has 1 amide bonds. The minimum absolute atomic E-state index is 0.0210. The minimum Gasteiger partial charge on any atom is -0.325 e. The lowest BCUT2D eigenvalue weighted by Crippen LogP contribution is -2.31. The van der Waals surface area contributed by atoms with Crippen LogP contribution in [0.2, 0.25) is 0 Å². The summed E-state index contributed by atoms with van der Waals surface area (Å²) >= 11 is 1.68. The minimum atomic E-state index is -4.40. The first-order valence-corrected chi connectivity index (χ1v) is 9.03. The van der Waals surface area contributed by atoms with E-state index in [0.717, 1.165) is 29.0 Å². The average molecular weight is 365 g/mol. The Bertz CT molecular complexity index is 758. The van der Waals surface area contributed by atoms with Crippen LogP contribution < -0.4 is 0 Å². The van der Waals surface area contributed by atoms with Gasteiger partial charge in [0.05, 0.1) is 12.0 Å². The van der Waals surface area contributed by atoms with Crippen molar-refractivity contribution >= 4 is 17.7 Å². The summed E-state index contributed by atoms with van der Waals surface area (Å²) in [5.74, 6) is 0.683. The number of rotatable bonds is 3. The number of thioether (sulfide) groups is 1. The van der Waals surface area contributed by atoms with E-state index in [1.807, 2.05) is 31.2 Å². The third-order valence-corrected chi connectivity index (χ3v) is 5.44. The maximum Gasteiger partial charge on any atom is 0.416 e. The topological polar surface area (TPSA) is 20.3 Å². The monoisotopic (exact) mass is 365 g/mol. The number of amides is 1. The van der Waals surface area contributed by atoms with Gasteiger partial charge in [-0.1, -0.05) is 48.0 Å². The first-order valence-electron chi connectivity index (χ1n) is 7.98. The standard InChI is InChI=1S/C19H18F3NOS/c1-13-5-7-15(8-6-13)18-23(9-10-25-18)17(24)12-14-3-2-4-16(11-14)19(20,21)22/h2-8,11,18H,9-10,12H2,1H3. The van der Waals surface area contributed by atoms with Gasteiger partial charge in [0.25, 0.3) is 0 Å². The Morgan fingerprint density at radius 1 is 1.20 bits per heavy atom. The van der Waals surface area contributed by atoms with E-state index in [2.05, 4.69) is 0 Å². The van der Waals surface area contributed by atoms with Crippen LogP contribution in [-0.4, -0.2) is 23.1 Å². The molecule has 1 atom stereocenters. The molecule has 0 aromatic heterocycles. The van der Waals surface area contributed by atoms with Gasteiger partial charge in [0.15, 0.2) is 0 Å². The van der Waals surface area contributed by atoms with Crippen LogP contribution in [-0.2, 0) is 17.4 Å². The Kier molecular flexibility index (Phi) is 5.08. The summed E-state index contributed by atoms with van der Waals surface area (Å²) in [6, 6.07) is 13.0. The molecule has 1 fully saturated rings. The van der Waals surface area contributed by atoms with Crippen molar-refractivity contribution in [3.05, 3.63) is 70.8 Å². The molecule has 1 saturated heterocycles. The van der Waals surface area contributed by atoms with E-state index < -0.39 is 11.7 Å². The fourth-order valence-electron chi connectivity index (χ4n) is 2.87. The van der Waals surface area contributed by atoms with Gasteiger partial charge >= 0.3 is 6.18 Å². The number of nitrogens with zero attached hydrogens (tertiary/aromatic N) is 1. The molecule has 0 radical (unpaired) electrons. The van der Waals surface area contributed by atoms with E-state index in [-0.39, 0.29) is 17.7 Å². The third-order valence-electron chi connectivity index (χ3n) is 4.18. The van der Waals surface area contributed by atoms with Crippen LogP contribution >= 0.6 is 11.8 Å². The van der Waals surface area contributed by atoms with Gasteiger partial charge in [-0.3, -0.25) is 4.79 Å². The fraction of sp³-hybridized carbons (Fsp3) is 0.316. The van der Waals surface area contributed by atoms with Crippen LogP contribution in [0, 0.1) is 6.92 Å². The van der Waals surface area contributed by atoms with E-state index in [0.29, 0.717) is 12.1 Å². The maximum atomic E-state index is 12.8. The van der Waals surface area contributed by atoms with Crippen LogP contribution in [0.25, 0.3) is 0 Å². The Morgan fingerprint density at radius 2 is 1.92 bits per heavy atom. The predicted molar refractivity (Wildman–Crippen MR) is 93.2 cm³/mol. The molecule has 3 rings (SSSR count). The summed E-state index contributed by atoms with van der Waals surface area (Å²) in [4.78, 5) is 14.4. The largest absolute Gasteiger partial charge is 0.416 e. The molecule has 132 valence electrons. The lowest BCUT2D eigenvalue weighted by Gasteiger charge is -2.24. The summed E-state index contributed by atoms with van der Waals surface area (Å²) < 4.78 is 38.5. The molecule has 0 N–H and O–H groups in total. The highest BCUT2D eigenvalue weighted by atomic mass is 32.2. The zero-order chi connectivity index (χ0) is 18.0. The molecule has 0 bridgehead atoms. The number of halogens is 3. The summed E-state index contributed by atoms with van der Waals surface area (Å²) in [7, 11) is 0. The summed E-state index contributed by atoms with van der Waals surface area (Å²) in [5, 5.41) is -0.0705. The number of carbonyl (C=O) groups is 1. The van der Waals surface area contributed by atoms with Crippen LogP contribution in [0.3, 0.4) is 0 Å². The average Bonchev–Trinajstić information content (AvgIpc) is 3.05. The molecule has 25 heavy (non-hydrogen) atoms. The normalized spacial score (nSPS) is 17.8. The van der Waals surface area contributed by atoms with Gasteiger partial charge in [-0.15, -0.1) is 11.8 Å². The number of aryl methyl sites for hydroxylation is 1. The Hall–Kier alpha value is -1.95. The zero-order valence-electron chi connectivity index (χ0n) is 13.7. The molecule has 1 heterocycles. The highest BCUT2D eigenvalue weighted by molar-refractivity contribution is 7.99. The van der Waals surface area contributed by atoms with Crippen LogP contribution in [0.15, 0.2) is 48.5 Å². The molecule has 1 aliphatic rings. The molecular weight excluding hydrogens is 347 g/mol. The fourth-order valence-corrected chi connectivity index (χ4v) is 4.14. The molecular formula is C19H18F3NOS. The van der Waals surface area contributed by atoms with Crippen molar-refractivity contribution in [1.29, 1.82) is 0 Å². The van der Waals surface area contributed by atoms with Gasteiger partial charge in [0.1, 0.15) is 5.37 Å². The Morgan fingerprint density at radius 3 is 2.60 bits per heavy atom. The molecule has 0 saturated carbocycles. The van der Waals surface area contributed by atoms with Crippen LogP contribution in [0.1, 0.15) is 27.6 Å². The number of hydrogen-bond donors (Lipinski definition) is 0. The van der Waals surface area contributed by atoms with Crippen molar-refractivity contribution < 1.29 is 18.0 Å². The van der Waals surface area contributed by atoms with Crippen LogP contribution in [0.5, 0.6) is 0 Å².